The van der Waals surface area contributed by atoms with E-state index in [1.54, 1.807) is 32.0 Å². The molecule has 0 spiro atoms. The summed E-state index contributed by atoms with van der Waals surface area (Å²) in [5.41, 5.74) is 0.255. The van der Waals surface area contributed by atoms with E-state index in [0.717, 1.165) is 4.47 Å². The van der Waals surface area contributed by atoms with Gasteiger partial charge in [-0.1, -0.05) is 21.1 Å². The molecule has 2 aromatic rings. The van der Waals surface area contributed by atoms with Gasteiger partial charge in [-0.2, -0.15) is 0 Å². The summed E-state index contributed by atoms with van der Waals surface area (Å²) in [7, 11) is -2.15. The van der Waals surface area contributed by atoms with E-state index >= 15 is 0 Å². The quantitative estimate of drug-likeness (QED) is 0.240. The van der Waals surface area contributed by atoms with E-state index in [1.807, 2.05) is 12.1 Å². The maximum Gasteiger partial charge on any atom is 0.336 e. The summed E-state index contributed by atoms with van der Waals surface area (Å²) in [5, 5.41) is 3.83. The summed E-state index contributed by atoms with van der Waals surface area (Å²) >= 11 is 3.34. The van der Waals surface area contributed by atoms with E-state index in [4.69, 9.17) is 18.6 Å². The fraction of sp³-hybridized carbons (Fsp3) is 0.316. The smallest absolute Gasteiger partial charge is 0.336 e. The molecule has 0 unspecified atom stereocenters. The van der Waals surface area contributed by atoms with E-state index < -0.39 is 13.4 Å². The highest BCUT2D eigenvalue weighted by Crippen LogP contribution is 2.48. The normalized spacial score (nSPS) is 12.1. The zero-order valence-electron chi connectivity index (χ0n) is 15.9. The van der Waals surface area contributed by atoms with Crippen molar-refractivity contribution in [3.8, 4) is 11.5 Å². The highest BCUT2D eigenvalue weighted by Gasteiger charge is 2.28. The lowest BCUT2D eigenvalue weighted by atomic mass is 10.1. The second kappa shape index (κ2) is 10.7. The van der Waals surface area contributed by atoms with Crippen LogP contribution in [0.15, 0.2) is 52.1 Å². The van der Waals surface area contributed by atoms with Gasteiger partial charge in [0.05, 0.1) is 19.4 Å². The molecule has 0 aromatic heterocycles. The molecular weight excluding hydrogens is 452 g/mol. The lowest BCUT2D eigenvalue weighted by Gasteiger charge is -2.18. The van der Waals surface area contributed by atoms with Gasteiger partial charge in [0.2, 0.25) is 0 Å². The summed E-state index contributed by atoms with van der Waals surface area (Å²) in [6.45, 7) is 3.79. The van der Waals surface area contributed by atoms with E-state index in [0.29, 0.717) is 11.5 Å². The van der Waals surface area contributed by atoms with Crippen LogP contribution in [0, 0.1) is 5.82 Å². The van der Waals surface area contributed by atoms with Gasteiger partial charge in [0, 0.05) is 16.1 Å². The van der Waals surface area contributed by atoms with Gasteiger partial charge in [-0.05, 0) is 50.2 Å². The molecule has 0 fully saturated rings. The summed E-state index contributed by atoms with van der Waals surface area (Å²) < 4.78 is 44.6. The Morgan fingerprint density at radius 3 is 2.21 bits per heavy atom. The Morgan fingerprint density at radius 2 is 1.68 bits per heavy atom. The van der Waals surface area contributed by atoms with Gasteiger partial charge in [-0.25, -0.2) is 4.39 Å². The van der Waals surface area contributed by atoms with Gasteiger partial charge < -0.3 is 18.6 Å². The van der Waals surface area contributed by atoms with Gasteiger partial charge in [0.1, 0.15) is 30.1 Å². The minimum Gasteiger partial charge on any atom is -0.457 e. The summed E-state index contributed by atoms with van der Waals surface area (Å²) in [6.07, 6.45) is -0.216. The lowest BCUT2D eigenvalue weighted by Crippen LogP contribution is -2.13. The van der Waals surface area contributed by atoms with Crippen molar-refractivity contribution >= 4 is 29.2 Å². The highest BCUT2D eigenvalue weighted by atomic mass is 79.9. The molecule has 0 aliphatic rings. The van der Waals surface area contributed by atoms with Crippen LogP contribution in [-0.2, 0) is 18.5 Å². The standard InChI is InChI=1S/C19H22BrFNO5P/c1-4-25-28(23,26-5-2)13-19(22-24-3)17-11-10-16(12-18(17)21)27-15-8-6-14(20)7-9-15/h6-12H,4-5,13H2,1-3H3/b22-19+. The van der Waals surface area contributed by atoms with Crippen LogP contribution in [0.5, 0.6) is 11.5 Å². The van der Waals surface area contributed by atoms with Crippen LogP contribution in [0.1, 0.15) is 19.4 Å². The Balaban J connectivity index is 2.26. The van der Waals surface area contributed by atoms with Crippen molar-refractivity contribution in [2.45, 2.75) is 13.8 Å². The predicted octanol–water partition coefficient (Wildman–Crippen LogP) is 6.00. The molecule has 0 bridgehead atoms. The third-order valence-corrected chi connectivity index (χ3v) is 6.02. The maximum absolute atomic E-state index is 14.7. The molecule has 2 aromatic carbocycles. The van der Waals surface area contributed by atoms with E-state index in [9.17, 15) is 8.96 Å². The third-order valence-electron chi connectivity index (χ3n) is 3.50. The minimum atomic E-state index is -3.47. The molecule has 0 amide bonds. The number of hydrogen-bond donors (Lipinski definition) is 0. The van der Waals surface area contributed by atoms with Crippen molar-refractivity contribution in [1.82, 2.24) is 0 Å². The fourth-order valence-corrected chi connectivity index (χ4v) is 4.31. The van der Waals surface area contributed by atoms with Crippen molar-refractivity contribution in [2.75, 3.05) is 26.5 Å². The van der Waals surface area contributed by atoms with Crippen molar-refractivity contribution in [3.05, 3.63) is 58.3 Å². The van der Waals surface area contributed by atoms with Crippen LogP contribution >= 0.6 is 23.5 Å². The van der Waals surface area contributed by atoms with E-state index in [-0.39, 0.29) is 30.7 Å². The first kappa shape index (κ1) is 22.6. The van der Waals surface area contributed by atoms with Gasteiger partial charge in [-0.3, -0.25) is 4.57 Å². The van der Waals surface area contributed by atoms with E-state index in [1.165, 1.54) is 19.2 Å². The zero-order valence-corrected chi connectivity index (χ0v) is 18.3. The summed E-state index contributed by atoms with van der Waals surface area (Å²) in [4.78, 5) is 4.81. The largest absolute Gasteiger partial charge is 0.457 e. The first-order valence-electron chi connectivity index (χ1n) is 8.62. The van der Waals surface area contributed by atoms with Crippen molar-refractivity contribution in [1.29, 1.82) is 0 Å². The van der Waals surface area contributed by atoms with Crippen LogP contribution in [-0.4, -0.2) is 32.2 Å². The molecule has 152 valence electrons. The fourth-order valence-electron chi connectivity index (χ4n) is 2.41. The molecule has 0 saturated carbocycles. The molecule has 6 nitrogen and oxygen atoms in total. The monoisotopic (exact) mass is 473 g/mol. The number of nitrogens with zero attached hydrogens (tertiary/aromatic N) is 1. The van der Waals surface area contributed by atoms with Crippen molar-refractivity contribution in [3.63, 3.8) is 0 Å². The average molecular weight is 474 g/mol. The van der Waals surface area contributed by atoms with Crippen molar-refractivity contribution in [2.24, 2.45) is 5.16 Å². The molecule has 0 heterocycles. The van der Waals surface area contributed by atoms with Crippen LogP contribution in [0.2, 0.25) is 0 Å². The molecule has 0 atom stereocenters. The molecule has 0 aliphatic carbocycles. The van der Waals surface area contributed by atoms with Gasteiger partial charge >= 0.3 is 7.60 Å². The van der Waals surface area contributed by atoms with Crippen LogP contribution < -0.4 is 4.74 Å². The van der Waals surface area contributed by atoms with E-state index in [2.05, 4.69) is 21.1 Å². The number of hydrogen-bond acceptors (Lipinski definition) is 6. The first-order valence-corrected chi connectivity index (χ1v) is 11.1. The van der Waals surface area contributed by atoms with Crippen LogP contribution in [0.3, 0.4) is 0 Å². The Labute approximate surface area is 172 Å². The minimum absolute atomic E-state index is 0.125. The molecular formula is C19H22BrFNO5P. The maximum atomic E-state index is 14.7. The Bertz CT molecular complexity index is 850. The van der Waals surface area contributed by atoms with Gasteiger partial charge in [0.15, 0.2) is 0 Å². The number of halogens is 2. The second-order valence-electron chi connectivity index (χ2n) is 5.52. The second-order valence-corrected chi connectivity index (χ2v) is 8.49. The summed E-state index contributed by atoms with van der Waals surface area (Å²) in [6, 6.07) is 11.5. The predicted molar refractivity (Wildman–Crippen MR) is 110 cm³/mol. The van der Waals surface area contributed by atoms with Gasteiger partial charge in [0.25, 0.3) is 0 Å². The number of oxime groups is 1. The number of benzene rings is 2. The number of rotatable bonds is 10. The highest BCUT2D eigenvalue weighted by molar-refractivity contribution is 9.10. The Hall–Kier alpha value is -1.73. The van der Waals surface area contributed by atoms with Gasteiger partial charge in [-0.15, -0.1) is 0 Å². The summed E-state index contributed by atoms with van der Waals surface area (Å²) in [5.74, 6) is 0.293. The SMILES string of the molecule is CCOP(=O)(C/C(=N\OC)c1ccc(Oc2ccc(Br)cc2)cc1F)OCC. The molecule has 0 radical (unpaired) electrons. The third kappa shape index (κ3) is 6.41. The van der Waals surface area contributed by atoms with Crippen LogP contribution in [0.25, 0.3) is 0 Å². The lowest BCUT2D eigenvalue weighted by molar-refractivity contribution is 0.210. The zero-order chi connectivity index (χ0) is 20.6. The first-order chi connectivity index (χ1) is 13.4. The molecule has 9 heteroatoms. The molecule has 0 saturated heterocycles. The molecule has 0 N–H and O–H groups in total. The molecule has 0 aliphatic heterocycles. The topological polar surface area (TPSA) is 66.4 Å². The average Bonchev–Trinajstić information content (AvgIpc) is 2.64. The Morgan fingerprint density at radius 1 is 1.07 bits per heavy atom. The van der Waals surface area contributed by atoms with Crippen LogP contribution in [0.4, 0.5) is 4.39 Å². The molecule has 2 rings (SSSR count). The molecule has 28 heavy (non-hydrogen) atoms. The Kier molecular flexibility index (Phi) is 8.63. The number of ether oxygens (including phenoxy) is 1. The van der Waals surface area contributed by atoms with Crippen molar-refractivity contribution < 1.29 is 27.6 Å².